The Balaban J connectivity index is 2.48. The molecule has 0 saturated carbocycles. The Morgan fingerprint density at radius 1 is 1.16 bits per heavy atom. The molecule has 0 spiro atoms. The van der Waals surface area contributed by atoms with Crippen molar-refractivity contribution >= 4 is 13.8 Å². The van der Waals surface area contributed by atoms with Gasteiger partial charge in [0.1, 0.15) is 0 Å². The van der Waals surface area contributed by atoms with Crippen molar-refractivity contribution in [3.05, 3.63) is 59.2 Å². The molecule has 0 aromatic heterocycles. The van der Waals surface area contributed by atoms with Gasteiger partial charge in [0.2, 0.25) is 0 Å². The van der Waals surface area contributed by atoms with Crippen molar-refractivity contribution < 1.29 is 9.53 Å². The Morgan fingerprint density at radius 3 is 2.58 bits per heavy atom. The van der Waals surface area contributed by atoms with Gasteiger partial charge in [0, 0.05) is 0 Å². The van der Waals surface area contributed by atoms with E-state index in [1.165, 1.54) is 7.11 Å². The predicted molar refractivity (Wildman–Crippen MR) is 77.4 cm³/mol. The smallest absolute Gasteiger partial charge is 0.338 e. The van der Waals surface area contributed by atoms with Crippen LogP contribution in [-0.2, 0) is 11.1 Å². The molecule has 2 nitrogen and oxygen atoms in total. The molecule has 0 bridgehead atoms. The summed E-state index contributed by atoms with van der Waals surface area (Å²) in [7, 11) is 7.04. The number of rotatable bonds is 3. The molecular weight excluding hydrogens is 235 g/mol. The Kier molecular flexibility index (Phi) is 4.05. The number of esters is 1. The number of methoxy groups -OCH3 is 1. The van der Waals surface area contributed by atoms with Crippen LogP contribution in [0.2, 0.25) is 0 Å². The van der Waals surface area contributed by atoms with Crippen molar-refractivity contribution in [3.63, 3.8) is 0 Å². The van der Waals surface area contributed by atoms with E-state index >= 15 is 0 Å². The molecule has 0 unspecified atom stereocenters. The highest BCUT2D eigenvalue weighted by molar-refractivity contribution is 6.08. The number of carbonyl (C=O) groups is 1. The van der Waals surface area contributed by atoms with Crippen LogP contribution in [0.15, 0.2) is 42.5 Å². The molecule has 0 N–H and O–H groups in total. The first-order valence-corrected chi connectivity index (χ1v) is 6.14. The van der Waals surface area contributed by atoms with Gasteiger partial charge in [-0.2, -0.15) is 0 Å². The second-order valence-corrected chi connectivity index (χ2v) is 4.43. The van der Waals surface area contributed by atoms with E-state index < -0.39 is 0 Å². The van der Waals surface area contributed by atoms with Crippen LogP contribution in [0.4, 0.5) is 0 Å². The van der Waals surface area contributed by atoms with Crippen LogP contribution in [0, 0.1) is 6.92 Å². The molecule has 2 radical (unpaired) electrons. The Hall–Kier alpha value is -2.03. The van der Waals surface area contributed by atoms with Gasteiger partial charge in [-0.15, -0.1) is 0 Å². The topological polar surface area (TPSA) is 26.3 Å². The molecule has 19 heavy (non-hydrogen) atoms. The summed E-state index contributed by atoms with van der Waals surface area (Å²) in [6.45, 7) is 1.90. The molecule has 0 aliphatic heterocycles. The molecule has 94 valence electrons. The van der Waals surface area contributed by atoms with Gasteiger partial charge in [0.25, 0.3) is 0 Å². The van der Waals surface area contributed by atoms with Crippen LogP contribution in [0.25, 0.3) is 11.1 Å². The molecular formula is C16H15BO2. The third-order valence-corrected chi connectivity index (χ3v) is 3.14. The zero-order valence-electron chi connectivity index (χ0n) is 11.1. The number of aryl methyl sites for hydroxylation is 1. The average Bonchev–Trinajstić information content (AvgIpc) is 2.47. The molecule has 0 saturated heterocycles. The van der Waals surface area contributed by atoms with Gasteiger partial charge in [0.05, 0.1) is 20.5 Å². The second kappa shape index (κ2) is 5.74. The van der Waals surface area contributed by atoms with E-state index in [1.54, 1.807) is 0 Å². The second-order valence-electron chi connectivity index (χ2n) is 4.43. The molecule has 2 aromatic rings. The lowest BCUT2D eigenvalue weighted by atomic mass is 9.93. The van der Waals surface area contributed by atoms with Gasteiger partial charge in [-0.3, -0.25) is 0 Å². The van der Waals surface area contributed by atoms with Crippen LogP contribution < -0.4 is 0 Å². The first-order valence-electron chi connectivity index (χ1n) is 6.14. The minimum Gasteiger partial charge on any atom is -0.465 e. The highest BCUT2D eigenvalue weighted by Crippen LogP contribution is 2.23. The van der Waals surface area contributed by atoms with Crippen LogP contribution >= 0.6 is 0 Å². The van der Waals surface area contributed by atoms with E-state index in [9.17, 15) is 4.79 Å². The SMILES string of the molecule is [B]Cc1cccc(-c2ccc(C)c(C(=O)OC)c2)c1. The van der Waals surface area contributed by atoms with E-state index in [0.29, 0.717) is 11.9 Å². The summed E-state index contributed by atoms with van der Waals surface area (Å²) in [5.41, 5.74) is 4.61. The number of benzene rings is 2. The van der Waals surface area contributed by atoms with Crippen molar-refractivity contribution in [2.45, 2.75) is 13.2 Å². The molecule has 0 aliphatic carbocycles. The van der Waals surface area contributed by atoms with Gasteiger partial charge in [-0.05, 0) is 29.7 Å². The summed E-state index contributed by atoms with van der Waals surface area (Å²) in [6, 6.07) is 13.8. The molecule has 2 aromatic carbocycles. The summed E-state index contributed by atoms with van der Waals surface area (Å²) in [5, 5.41) is 0. The van der Waals surface area contributed by atoms with Crippen LogP contribution in [0.5, 0.6) is 0 Å². The van der Waals surface area contributed by atoms with Gasteiger partial charge >= 0.3 is 5.97 Å². The number of carbonyl (C=O) groups excluding carboxylic acids is 1. The first-order chi connectivity index (χ1) is 9.15. The summed E-state index contributed by atoms with van der Waals surface area (Å²) in [5.74, 6) is -0.311. The summed E-state index contributed by atoms with van der Waals surface area (Å²) in [6.07, 6.45) is 0.504. The van der Waals surface area contributed by atoms with Crippen LogP contribution in [-0.4, -0.2) is 20.9 Å². The number of hydrogen-bond donors (Lipinski definition) is 0. The molecule has 0 aliphatic rings. The third-order valence-electron chi connectivity index (χ3n) is 3.14. The van der Waals surface area contributed by atoms with E-state index in [2.05, 4.69) is 0 Å². The molecule has 0 atom stereocenters. The molecule has 2 rings (SSSR count). The molecule has 0 heterocycles. The predicted octanol–water partition coefficient (Wildman–Crippen LogP) is 3.12. The van der Waals surface area contributed by atoms with Crippen molar-refractivity contribution in [1.82, 2.24) is 0 Å². The summed E-state index contributed by atoms with van der Waals surface area (Å²) < 4.78 is 4.79. The first kappa shape index (κ1) is 13.4. The third kappa shape index (κ3) is 2.87. The largest absolute Gasteiger partial charge is 0.465 e. The van der Waals surface area contributed by atoms with Crippen molar-refractivity contribution in [2.24, 2.45) is 0 Å². The maximum atomic E-state index is 11.7. The highest BCUT2D eigenvalue weighted by atomic mass is 16.5. The lowest BCUT2D eigenvalue weighted by Gasteiger charge is -2.08. The Bertz CT molecular complexity index is 605. The lowest BCUT2D eigenvalue weighted by molar-refractivity contribution is 0.0600. The normalized spacial score (nSPS) is 10.2. The maximum absolute atomic E-state index is 11.7. The zero-order chi connectivity index (χ0) is 13.8. The van der Waals surface area contributed by atoms with E-state index in [4.69, 9.17) is 12.6 Å². The van der Waals surface area contributed by atoms with Gasteiger partial charge in [0.15, 0.2) is 0 Å². The van der Waals surface area contributed by atoms with Gasteiger partial charge in [-0.25, -0.2) is 4.79 Å². The molecule has 3 heteroatoms. The lowest BCUT2D eigenvalue weighted by Crippen LogP contribution is -2.03. The Labute approximate surface area is 114 Å². The van der Waals surface area contributed by atoms with Crippen LogP contribution in [0.3, 0.4) is 0 Å². The fourth-order valence-electron chi connectivity index (χ4n) is 2.01. The zero-order valence-corrected chi connectivity index (χ0v) is 11.1. The summed E-state index contributed by atoms with van der Waals surface area (Å²) >= 11 is 0. The van der Waals surface area contributed by atoms with Crippen LogP contribution in [0.1, 0.15) is 21.5 Å². The monoisotopic (exact) mass is 250 g/mol. The molecule has 0 fully saturated rings. The van der Waals surface area contributed by atoms with Crippen molar-refractivity contribution in [1.29, 1.82) is 0 Å². The summed E-state index contributed by atoms with van der Waals surface area (Å²) in [4.78, 5) is 11.7. The quantitative estimate of drug-likeness (QED) is 0.618. The fourth-order valence-corrected chi connectivity index (χ4v) is 2.01. The van der Waals surface area contributed by atoms with E-state index in [0.717, 1.165) is 22.3 Å². The minimum absolute atomic E-state index is 0.311. The van der Waals surface area contributed by atoms with Crippen molar-refractivity contribution in [2.75, 3.05) is 7.11 Å². The standard InChI is InChI=1S/C16H15BO2/c1-11-6-7-14(9-15(11)16(18)19-2)13-5-3-4-12(8-13)10-17/h3-9H,10H2,1-2H3. The van der Waals surface area contributed by atoms with E-state index in [1.807, 2.05) is 49.4 Å². The number of ether oxygens (including phenoxy) is 1. The fraction of sp³-hybridized carbons (Fsp3) is 0.188. The minimum atomic E-state index is -0.311. The Morgan fingerprint density at radius 2 is 1.89 bits per heavy atom. The number of hydrogen-bond acceptors (Lipinski definition) is 2. The van der Waals surface area contributed by atoms with E-state index in [-0.39, 0.29) is 5.97 Å². The van der Waals surface area contributed by atoms with Crippen molar-refractivity contribution in [3.8, 4) is 11.1 Å². The molecule has 0 amide bonds. The van der Waals surface area contributed by atoms with Gasteiger partial charge in [-0.1, -0.05) is 48.3 Å². The maximum Gasteiger partial charge on any atom is 0.338 e. The average molecular weight is 250 g/mol. The highest BCUT2D eigenvalue weighted by Gasteiger charge is 2.10. The van der Waals surface area contributed by atoms with Gasteiger partial charge < -0.3 is 4.74 Å².